The summed E-state index contributed by atoms with van der Waals surface area (Å²) < 4.78 is 0. The third-order valence-corrected chi connectivity index (χ3v) is 3.28. The fourth-order valence-electron chi connectivity index (χ4n) is 1.97. The molecule has 0 aliphatic rings. The molecule has 0 aromatic carbocycles. The molecular weight excluding hydrogens is 288 g/mol. The van der Waals surface area contributed by atoms with Crippen molar-refractivity contribution < 1.29 is 15.0 Å². The molecule has 130 valence electrons. The molecule has 0 fully saturated rings. The molecule has 0 rings (SSSR count). The van der Waals surface area contributed by atoms with E-state index in [1.807, 2.05) is 24.3 Å². The summed E-state index contributed by atoms with van der Waals surface area (Å²) in [6.45, 7) is 2.20. The van der Waals surface area contributed by atoms with Crippen LogP contribution in [-0.4, -0.2) is 22.3 Å². The molecule has 1 atom stereocenters. The Morgan fingerprint density at radius 3 is 1.96 bits per heavy atom. The summed E-state index contributed by atoms with van der Waals surface area (Å²) in [5.74, 6) is -0.746. The van der Waals surface area contributed by atoms with Crippen molar-refractivity contribution in [3.8, 4) is 0 Å². The molecule has 0 aromatic rings. The van der Waals surface area contributed by atoms with Crippen molar-refractivity contribution in [2.75, 3.05) is 0 Å². The predicted octanol–water partition coefficient (Wildman–Crippen LogP) is 5.19. The number of aliphatic hydroxyl groups is 1. The van der Waals surface area contributed by atoms with Gasteiger partial charge in [0.2, 0.25) is 0 Å². The molecule has 1 unspecified atom stereocenters. The zero-order chi connectivity index (χ0) is 17.2. The number of rotatable bonds is 14. The van der Waals surface area contributed by atoms with E-state index in [1.165, 1.54) is 19.3 Å². The van der Waals surface area contributed by atoms with Crippen molar-refractivity contribution >= 4 is 5.97 Å². The summed E-state index contributed by atoms with van der Waals surface area (Å²) in [6, 6.07) is 0. The van der Waals surface area contributed by atoms with Gasteiger partial charge in [0.1, 0.15) is 0 Å². The fourth-order valence-corrected chi connectivity index (χ4v) is 1.97. The quantitative estimate of drug-likeness (QED) is 0.342. The van der Waals surface area contributed by atoms with Gasteiger partial charge in [-0.15, -0.1) is 0 Å². The first kappa shape index (κ1) is 21.4. The van der Waals surface area contributed by atoms with E-state index in [1.54, 1.807) is 12.2 Å². The van der Waals surface area contributed by atoms with Gasteiger partial charge in [0.05, 0.1) is 6.10 Å². The van der Waals surface area contributed by atoms with Crippen LogP contribution in [0.2, 0.25) is 0 Å². The SMILES string of the molecule is CCCCCC=CCC=CC(O)C=CCC=CCCCC(=O)O. The summed E-state index contributed by atoms with van der Waals surface area (Å²) in [4.78, 5) is 10.3. The number of unbranched alkanes of at least 4 members (excludes halogenated alkanes) is 4. The molecule has 23 heavy (non-hydrogen) atoms. The number of aliphatic hydroxyl groups excluding tert-OH is 1. The number of carboxylic acids is 1. The van der Waals surface area contributed by atoms with Crippen LogP contribution >= 0.6 is 0 Å². The van der Waals surface area contributed by atoms with Crippen LogP contribution in [-0.2, 0) is 4.79 Å². The number of carboxylic acid groups (broad SMARTS) is 1. The molecule has 0 spiro atoms. The van der Waals surface area contributed by atoms with Gasteiger partial charge in [-0.1, -0.05) is 68.4 Å². The third-order valence-electron chi connectivity index (χ3n) is 3.28. The summed E-state index contributed by atoms with van der Waals surface area (Å²) in [5, 5.41) is 18.2. The maximum absolute atomic E-state index is 10.3. The Morgan fingerprint density at radius 2 is 1.43 bits per heavy atom. The van der Waals surface area contributed by atoms with Gasteiger partial charge in [-0.05, 0) is 38.5 Å². The number of carbonyl (C=O) groups is 1. The van der Waals surface area contributed by atoms with Gasteiger partial charge in [-0.25, -0.2) is 0 Å². The third kappa shape index (κ3) is 18.3. The average Bonchev–Trinajstić information content (AvgIpc) is 2.52. The van der Waals surface area contributed by atoms with Gasteiger partial charge in [0.25, 0.3) is 0 Å². The molecule has 3 nitrogen and oxygen atoms in total. The molecule has 0 aliphatic carbocycles. The van der Waals surface area contributed by atoms with E-state index in [0.29, 0.717) is 6.42 Å². The summed E-state index contributed by atoms with van der Waals surface area (Å²) in [7, 11) is 0. The molecule has 0 radical (unpaired) electrons. The normalized spacial score (nSPS) is 13.8. The van der Waals surface area contributed by atoms with E-state index in [2.05, 4.69) is 19.1 Å². The Labute approximate surface area is 141 Å². The average molecular weight is 320 g/mol. The van der Waals surface area contributed by atoms with Crippen molar-refractivity contribution in [2.24, 2.45) is 0 Å². The monoisotopic (exact) mass is 320 g/mol. The Morgan fingerprint density at radius 1 is 0.870 bits per heavy atom. The second-order valence-electron chi connectivity index (χ2n) is 5.54. The van der Waals surface area contributed by atoms with Gasteiger partial charge >= 0.3 is 5.97 Å². The molecule has 0 heterocycles. The van der Waals surface area contributed by atoms with Crippen LogP contribution in [0.25, 0.3) is 0 Å². The second-order valence-corrected chi connectivity index (χ2v) is 5.54. The van der Waals surface area contributed by atoms with Gasteiger partial charge in [-0.2, -0.15) is 0 Å². The Bertz CT molecular complexity index is 392. The standard InChI is InChI=1S/C20H32O3/c1-2-3-4-5-6-7-10-13-16-19(21)17-14-11-8-9-12-15-18-20(22)23/h6-9,13-14,16-17,19,21H,2-5,10-12,15,18H2,1H3,(H,22,23). The highest BCUT2D eigenvalue weighted by molar-refractivity contribution is 5.66. The lowest BCUT2D eigenvalue weighted by Gasteiger charge is -1.96. The first-order chi connectivity index (χ1) is 11.2. The van der Waals surface area contributed by atoms with Crippen LogP contribution < -0.4 is 0 Å². The molecule has 3 heteroatoms. The smallest absolute Gasteiger partial charge is 0.303 e. The molecular formula is C20H32O3. The zero-order valence-corrected chi connectivity index (χ0v) is 14.4. The van der Waals surface area contributed by atoms with Crippen LogP contribution in [0.3, 0.4) is 0 Å². The number of hydrogen-bond donors (Lipinski definition) is 2. The minimum absolute atomic E-state index is 0.219. The second kappa shape index (κ2) is 16.8. The van der Waals surface area contributed by atoms with E-state index < -0.39 is 12.1 Å². The highest BCUT2D eigenvalue weighted by Crippen LogP contribution is 2.01. The van der Waals surface area contributed by atoms with Crippen molar-refractivity contribution in [3.05, 3.63) is 48.6 Å². The highest BCUT2D eigenvalue weighted by atomic mass is 16.4. The highest BCUT2D eigenvalue weighted by Gasteiger charge is 1.93. The van der Waals surface area contributed by atoms with Crippen LogP contribution in [0.15, 0.2) is 48.6 Å². The van der Waals surface area contributed by atoms with Crippen molar-refractivity contribution in [2.45, 2.75) is 70.8 Å². The van der Waals surface area contributed by atoms with Gasteiger partial charge in [-0.3, -0.25) is 4.79 Å². The van der Waals surface area contributed by atoms with E-state index in [9.17, 15) is 9.90 Å². The maximum atomic E-state index is 10.3. The number of hydrogen-bond acceptors (Lipinski definition) is 2. The Balaban J connectivity index is 3.63. The largest absolute Gasteiger partial charge is 0.481 e. The summed E-state index contributed by atoms with van der Waals surface area (Å²) >= 11 is 0. The number of allylic oxidation sites excluding steroid dienone is 6. The minimum Gasteiger partial charge on any atom is -0.481 e. The van der Waals surface area contributed by atoms with Crippen LogP contribution in [0, 0.1) is 0 Å². The Kier molecular flexibility index (Phi) is 15.6. The van der Waals surface area contributed by atoms with Crippen LogP contribution in [0.1, 0.15) is 64.7 Å². The van der Waals surface area contributed by atoms with E-state index in [0.717, 1.165) is 25.7 Å². The zero-order valence-electron chi connectivity index (χ0n) is 14.4. The van der Waals surface area contributed by atoms with Gasteiger partial charge in [0.15, 0.2) is 0 Å². The molecule has 0 amide bonds. The van der Waals surface area contributed by atoms with Gasteiger partial charge in [0, 0.05) is 6.42 Å². The van der Waals surface area contributed by atoms with Crippen LogP contribution in [0.5, 0.6) is 0 Å². The lowest BCUT2D eigenvalue weighted by atomic mass is 10.2. The number of aliphatic carboxylic acids is 1. The first-order valence-electron chi connectivity index (χ1n) is 8.70. The summed E-state index contributed by atoms with van der Waals surface area (Å²) in [6.07, 6.45) is 23.5. The van der Waals surface area contributed by atoms with E-state index in [-0.39, 0.29) is 6.42 Å². The molecule has 0 bridgehead atoms. The van der Waals surface area contributed by atoms with Crippen molar-refractivity contribution in [3.63, 3.8) is 0 Å². The molecule has 0 saturated heterocycles. The molecule has 0 aliphatic heterocycles. The van der Waals surface area contributed by atoms with Crippen LogP contribution in [0.4, 0.5) is 0 Å². The van der Waals surface area contributed by atoms with Crippen molar-refractivity contribution in [1.29, 1.82) is 0 Å². The Hall–Kier alpha value is -1.61. The molecule has 0 saturated carbocycles. The lowest BCUT2D eigenvalue weighted by molar-refractivity contribution is -0.137. The first-order valence-corrected chi connectivity index (χ1v) is 8.70. The van der Waals surface area contributed by atoms with E-state index in [4.69, 9.17) is 5.11 Å². The topological polar surface area (TPSA) is 57.5 Å². The maximum Gasteiger partial charge on any atom is 0.303 e. The summed E-state index contributed by atoms with van der Waals surface area (Å²) in [5.41, 5.74) is 0. The predicted molar refractivity (Wildman–Crippen MR) is 97.4 cm³/mol. The lowest BCUT2D eigenvalue weighted by Crippen LogP contribution is -1.95. The fraction of sp³-hybridized carbons (Fsp3) is 0.550. The van der Waals surface area contributed by atoms with Gasteiger partial charge < -0.3 is 10.2 Å². The van der Waals surface area contributed by atoms with E-state index >= 15 is 0 Å². The minimum atomic E-state index is -0.746. The molecule has 2 N–H and O–H groups in total. The molecule has 0 aromatic heterocycles. The van der Waals surface area contributed by atoms with Crippen molar-refractivity contribution in [1.82, 2.24) is 0 Å².